The minimum Gasteiger partial charge on any atom is -0.378 e. The number of carbonyl (C=O) groups excluding carboxylic acids is 2. The SMILES string of the molecule is Cc1ccc(NC(=O)[C@@H]2CC(=O)Nc3nc(N4CCOCC4)[nH]c(=O)c32)c(Cl)c1. The average Bonchev–Trinajstić information content (AvgIpc) is 2.69. The van der Waals surface area contributed by atoms with E-state index in [0.717, 1.165) is 5.56 Å². The Morgan fingerprint density at radius 2 is 2.07 bits per heavy atom. The van der Waals surface area contributed by atoms with E-state index < -0.39 is 17.4 Å². The van der Waals surface area contributed by atoms with Crippen molar-refractivity contribution in [3.63, 3.8) is 0 Å². The van der Waals surface area contributed by atoms with Gasteiger partial charge in [0.05, 0.1) is 35.4 Å². The first-order valence-electron chi connectivity index (χ1n) is 9.26. The van der Waals surface area contributed by atoms with Crippen LogP contribution in [0.1, 0.15) is 23.5 Å². The molecule has 3 N–H and O–H groups in total. The van der Waals surface area contributed by atoms with Gasteiger partial charge in [0.25, 0.3) is 5.56 Å². The molecule has 10 heteroatoms. The lowest BCUT2D eigenvalue weighted by molar-refractivity contribution is -0.123. The average molecular weight is 418 g/mol. The van der Waals surface area contributed by atoms with Gasteiger partial charge < -0.3 is 20.3 Å². The molecule has 1 aromatic heterocycles. The second-order valence-electron chi connectivity index (χ2n) is 7.03. The van der Waals surface area contributed by atoms with Crippen molar-refractivity contribution in [3.8, 4) is 0 Å². The first kappa shape index (κ1) is 19.4. The number of hydrogen-bond acceptors (Lipinski definition) is 6. The first-order chi connectivity index (χ1) is 13.9. The topological polar surface area (TPSA) is 116 Å². The molecule has 1 fully saturated rings. The number of halogens is 1. The van der Waals surface area contributed by atoms with Crippen LogP contribution in [0.15, 0.2) is 23.0 Å². The van der Waals surface area contributed by atoms with Crippen molar-refractivity contribution in [3.05, 3.63) is 44.7 Å². The highest BCUT2D eigenvalue weighted by Gasteiger charge is 2.35. The fraction of sp³-hybridized carbons (Fsp3) is 0.368. The van der Waals surface area contributed by atoms with E-state index in [1.807, 2.05) is 17.9 Å². The number of carbonyl (C=O) groups is 2. The van der Waals surface area contributed by atoms with Crippen LogP contribution in [0.25, 0.3) is 0 Å². The van der Waals surface area contributed by atoms with Gasteiger partial charge in [0, 0.05) is 19.5 Å². The van der Waals surface area contributed by atoms with Crippen LogP contribution in [0.3, 0.4) is 0 Å². The normalized spacial score (nSPS) is 18.8. The zero-order valence-corrected chi connectivity index (χ0v) is 16.5. The molecule has 3 heterocycles. The van der Waals surface area contributed by atoms with Crippen molar-refractivity contribution >= 4 is 40.9 Å². The molecule has 0 bridgehead atoms. The van der Waals surface area contributed by atoms with Gasteiger partial charge in [-0.25, -0.2) is 0 Å². The number of aryl methyl sites for hydroxylation is 1. The second kappa shape index (κ2) is 7.84. The van der Waals surface area contributed by atoms with E-state index >= 15 is 0 Å². The summed E-state index contributed by atoms with van der Waals surface area (Å²) in [6.07, 6.45) is -0.149. The Morgan fingerprint density at radius 1 is 1.31 bits per heavy atom. The lowest BCUT2D eigenvalue weighted by atomic mass is 9.92. The zero-order valence-electron chi connectivity index (χ0n) is 15.8. The number of morpholine rings is 1. The highest BCUT2D eigenvalue weighted by molar-refractivity contribution is 6.33. The molecule has 152 valence electrons. The number of nitrogens with one attached hydrogen (secondary N) is 3. The number of H-pyrrole nitrogens is 1. The van der Waals surface area contributed by atoms with E-state index in [1.165, 1.54) is 0 Å². The maximum absolute atomic E-state index is 12.9. The van der Waals surface area contributed by atoms with Crippen LogP contribution in [0, 0.1) is 6.92 Å². The van der Waals surface area contributed by atoms with Crippen LogP contribution in [-0.2, 0) is 14.3 Å². The molecule has 2 aliphatic heterocycles. The maximum Gasteiger partial charge on any atom is 0.258 e. The molecule has 1 aromatic carbocycles. The Bertz CT molecular complexity index is 1030. The van der Waals surface area contributed by atoms with E-state index in [4.69, 9.17) is 16.3 Å². The summed E-state index contributed by atoms with van der Waals surface area (Å²) >= 11 is 6.19. The molecule has 29 heavy (non-hydrogen) atoms. The number of nitrogens with zero attached hydrogens (tertiary/aromatic N) is 2. The summed E-state index contributed by atoms with van der Waals surface area (Å²) in [4.78, 5) is 46.9. The number of rotatable bonds is 3. The van der Waals surface area contributed by atoms with E-state index in [9.17, 15) is 14.4 Å². The van der Waals surface area contributed by atoms with Crippen molar-refractivity contribution in [2.45, 2.75) is 19.3 Å². The third-order valence-electron chi connectivity index (χ3n) is 4.95. The summed E-state index contributed by atoms with van der Waals surface area (Å²) in [5, 5.41) is 5.71. The van der Waals surface area contributed by atoms with Crippen LogP contribution in [0.5, 0.6) is 0 Å². The molecule has 0 spiro atoms. The monoisotopic (exact) mass is 417 g/mol. The smallest absolute Gasteiger partial charge is 0.258 e. The molecule has 2 aromatic rings. The molecule has 2 aliphatic rings. The maximum atomic E-state index is 12.9. The number of ether oxygens (including phenoxy) is 1. The lowest BCUT2D eigenvalue weighted by Gasteiger charge is -2.29. The molecule has 0 unspecified atom stereocenters. The van der Waals surface area contributed by atoms with E-state index in [0.29, 0.717) is 43.0 Å². The summed E-state index contributed by atoms with van der Waals surface area (Å²) in [5.74, 6) is -1.37. The third-order valence-corrected chi connectivity index (χ3v) is 5.26. The standard InChI is InChI=1S/C19H20ClN5O4/c1-10-2-3-13(12(20)8-10)21-17(27)11-9-14(26)22-16-15(11)18(28)24-19(23-16)25-4-6-29-7-5-25/h2-3,8,11H,4-7,9H2,1H3,(H,21,27)(H2,22,23,24,26,28)/t11-/m1/s1. The number of aromatic nitrogens is 2. The van der Waals surface area contributed by atoms with Crippen molar-refractivity contribution < 1.29 is 14.3 Å². The highest BCUT2D eigenvalue weighted by Crippen LogP contribution is 2.31. The number of benzene rings is 1. The lowest BCUT2D eigenvalue weighted by Crippen LogP contribution is -2.41. The molecular formula is C19H20ClN5O4. The van der Waals surface area contributed by atoms with Crippen LogP contribution in [-0.4, -0.2) is 48.1 Å². The molecule has 0 aliphatic carbocycles. The van der Waals surface area contributed by atoms with Gasteiger partial charge in [-0.2, -0.15) is 4.98 Å². The van der Waals surface area contributed by atoms with Gasteiger partial charge in [-0.3, -0.25) is 19.4 Å². The van der Waals surface area contributed by atoms with E-state index in [2.05, 4.69) is 20.6 Å². The van der Waals surface area contributed by atoms with Gasteiger partial charge in [0.1, 0.15) is 5.82 Å². The Balaban J connectivity index is 1.65. The number of hydrogen-bond donors (Lipinski definition) is 3. The molecule has 0 radical (unpaired) electrons. The van der Waals surface area contributed by atoms with Crippen LogP contribution in [0.2, 0.25) is 5.02 Å². The number of fused-ring (bicyclic) bond motifs is 1. The van der Waals surface area contributed by atoms with Gasteiger partial charge in [0.15, 0.2) is 0 Å². The molecule has 0 saturated carbocycles. The quantitative estimate of drug-likeness (QED) is 0.699. The fourth-order valence-electron chi connectivity index (χ4n) is 3.45. The predicted molar refractivity (Wildman–Crippen MR) is 109 cm³/mol. The van der Waals surface area contributed by atoms with Crippen LogP contribution >= 0.6 is 11.6 Å². The van der Waals surface area contributed by atoms with Gasteiger partial charge in [-0.1, -0.05) is 17.7 Å². The molecule has 1 saturated heterocycles. The van der Waals surface area contributed by atoms with Crippen molar-refractivity contribution in [1.29, 1.82) is 0 Å². The third kappa shape index (κ3) is 3.96. The first-order valence-corrected chi connectivity index (χ1v) is 9.64. The van der Waals surface area contributed by atoms with Gasteiger partial charge in [-0.05, 0) is 24.6 Å². The van der Waals surface area contributed by atoms with Crippen LogP contribution in [0.4, 0.5) is 17.5 Å². The minimum atomic E-state index is -0.967. The molecule has 4 rings (SSSR count). The van der Waals surface area contributed by atoms with Gasteiger partial charge in [0.2, 0.25) is 17.8 Å². The summed E-state index contributed by atoms with van der Waals surface area (Å²) < 4.78 is 5.31. The largest absolute Gasteiger partial charge is 0.378 e. The molecule has 2 amide bonds. The van der Waals surface area contributed by atoms with E-state index in [1.54, 1.807) is 12.1 Å². The molecule has 1 atom stereocenters. The van der Waals surface area contributed by atoms with E-state index in [-0.39, 0.29) is 23.7 Å². The van der Waals surface area contributed by atoms with Crippen molar-refractivity contribution in [2.75, 3.05) is 41.8 Å². The van der Waals surface area contributed by atoms with Crippen molar-refractivity contribution in [2.24, 2.45) is 0 Å². The minimum absolute atomic E-state index is 0.113. The summed E-state index contributed by atoms with van der Waals surface area (Å²) in [5.41, 5.74) is 1.06. The zero-order chi connectivity index (χ0) is 20.5. The number of amides is 2. The fourth-order valence-corrected chi connectivity index (χ4v) is 3.73. The molecular weight excluding hydrogens is 398 g/mol. The molecule has 9 nitrogen and oxygen atoms in total. The predicted octanol–water partition coefficient (Wildman–Crippen LogP) is 1.63. The summed E-state index contributed by atoms with van der Waals surface area (Å²) in [6.45, 7) is 4.08. The van der Waals surface area contributed by atoms with Gasteiger partial charge in [-0.15, -0.1) is 0 Å². The number of aromatic amines is 1. The second-order valence-corrected chi connectivity index (χ2v) is 7.44. The van der Waals surface area contributed by atoms with Crippen molar-refractivity contribution in [1.82, 2.24) is 9.97 Å². The Labute approximate surface area is 171 Å². The number of anilines is 3. The Morgan fingerprint density at radius 3 is 2.79 bits per heavy atom. The van der Waals surface area contributed by atoms with Gasteiger partial charge >= 0.3 is 0 Å². The Hall–Kier alpha value is -2.91. The highest BCUT2D eigenvalue weighted by atomic mass is 35.5. The Kier molecular flexibility index (Phi) is 5.25. The summed E-state index contributed by atoms with van der Waals surface area (Å²) in [6, 6.07) is 5.22. The van der Waals surface area contributed by atoms with Crippen LogP contribution < -0.4 is 21.1 Å². The summed E-state index contributed by atoms with van der Waals surface area (Å²) in [7, 11) is 0.